The molecule has 0 atom stereocenters. The van der Waals surface area contributed by atoms with Crippen LogP contribution in [0.25, 0.3) is 0 Å². The Labute approximate surface area is 163 Å². The van der Waals surface area contributed by atoms with Gasteiger partial charge >= 0.3 is 0 Å². The van der Waals surface area contributed by atoms with Gasteiger partial charge in [-0.15, -0.1) is 0 Å². The minimum atomic E-state index is -0.393. The Hall–Kier alpha value is -1.63. The predicted molar refractivity (Wildman–Crippen MR) is 108 cm³/mol. The molecule has 1 aromatic rings. The summed E-state index contributed by atoms with van der Waals surface area (Å²) in [5.41, 5.74) is 5.68. The fourth-order valence-electron chi connectivity index (χ4n) is 3.11. The highest BCUT2D eigenvalue weighted by Crippen LogP contribution is 2.24. The number of rotatable bonds is 9. The molecule has 2 rings (SSSR count). The van der Waals surface area contributed by atoms with Gasteiger partial charge in [-0.2, -0.15) is 0 Å². The van der Waals surface area contributed by atoms with Gasteiger partial charge in [0.15, 0.2) is 0 Å². The number of amides is 1. The number of hydrogen-bond donors (Lipinski definition) is 2. The zero-order valence-electron chi connectivity index (χ0n) is 17.2. The number of carbonyl (C=O) groups is 1. The van der Waals surface area contributed by atoms with E-state index < -0.39 is 5.60 Å². The molecule has 0 bridgehead atoms. The summed E-state index contributed by atoms with van der Waals surface area (Å²) in [5.74, 6) is 0.772. The van der Waals surface area contributed by atoms with Gasteiger partial charge in [-0.25, -0.2) is 0 Å². The van der Waals surface area contributed by atoms with Crippen LogP contribution in [0.4, 0.5) is 0 Å². The Morgan fingerprint density at radius 2 is 1.85 bits per heavy atom. The van der Waals surface area contributed by atoms with Gasteiger partial charge in [0.05, 0.1) is 12.2 Å². The first-order valence-corrected chi connectivity index (χ1v) is 9.86. The molecule has 1 heterocycles. The van der Waals surface area contributed by atoms with Gasteiger partial charge in [0.1, 0.15) is 11.4 Å². The van der Waals surface area contributed by atoms with Crippen molar-refractivity contribution in [2.24, 2.45) is 5.73 Å². The molecule has 27 heavy (non-hydrogen) atoms. The van der Waals surface area contributed by atoms with Gasteiger partial charge in [0.25, 0.3) is 5.91 Å². The minimum absolute atomic E-state index is 0.0617. The lowest BCUT2D eigenvalue weighted by Crippen LogP contribution is -2.46. The van der Waals surface area contributed by atoms with Gasteiger partial charge in [0.2, 0.25) is 0 Å². The molecular formula is C21H35N3O3. The number of ether oxygens (including phenoxy) is 2. The third-order valence-corrected chi connectivity index (χ3v) is 4.82. The Balaban J connectivity index is 1.92. The van der Waals surface area contributed by atoms with Gasteiger partial charge < -0.3 is 25.4 Å². The smallest absolute Gasteiger partial charge is 0.254 e. The molecule has 1 aromatic carbocycles. The highest BCUT2D eigenvalue weighted by Gasteiger charge is 2.24. The molecule has 1 fully saturated rings. The number of nitrogens with two attached hydrogens (primary N) is 1. The maximum absolute atomic E-state index is 12.7. The third-order valence-electron chi connectivity index (χ3n) is 4.82. The first-order valence-electron chi connectivity index (χ1n) is 9.86. The molecule has 0 spiro atoms. The molecule has 1 amide bonds. The summed E-state index contributed by atoms with van der Waals surface area (Å²) in [6.07, 6.45) is 1.57. The normalized spacial score (nSPS) is 15.7. The van der Waals surface area contributed by atoms with Crippen LogP contribution < -0.4 is 15.8 Å². The molecule has 3 N–H and O–H groups in total. The van der Waals surface area contributed by atoms with Crippen LogP contribution in [-0.4, -0.2) is 61.3 Å². The topological polar surface area (TPSA) is 76.8 Å². The van der Waals surface area contributed by atoms with Crippen LogP contribution in [0.5, 0.6) is 5.75 Å². The van der Waals surface area contributed by atoms with Gasteiger partial charge in [-0.1, -0.05) is 6.07 Å². The van der Waals surface area contributed by atoms with Gasteiger partial charge in [0, 0.05) is 38.2 Å². The molecular weight excluding hydrogens is 342 g/mol. The summed E-state index contributed by atoms with van der Waals surface area (Å²) in [6, 6.07) is 7.46. The largest absolute Gasteiger partial charge is 0.488 e. The highest BCUT2D eigenvalue weighted by molar-refractivity contribution is 5.94. The highest BCUT2D eigenvalue weighted by atomic mass is 16.5. The van der Waals surface area contributed by atoms with Crippen LogP contribution in [0.1, 0.15) is 50.9 Å². The number of hydrogen-bond acceptors (Lipinski definition) is 5. The van der Waals surface area contributed by atoms with Crippen molar-refractivity contribution in [1.82, 2.24) is 10.2 Å². The lowest BCUT2D eigenvalue weighted by atomic mass is 10.0. The van der Waals surface area contributed by atoms with E-state index in [0.717, 1.165) is 39.0 Å². The van der Waals surface area contributed by atoms with Crippen molar-refractivity contribution in [3.05, 3.63) is 29.8 Å². The second-order valence-corrected chi connectivity index (χ2v) is 8.33. The summed E-state index contributed by atoms with van der Waals surface area (Å²) in [5, 5.41) is 3.26. The van der Waals surface area contributed by atoms with Gasteiger partial charge in [-0.05, 0) is 58.9 Å². The van der Waals surface area contributed by atoms with Crippen molar-refractivity contribution < 1.29 is 14.3 Å². The van der Waals surface area contributed by atoms with Crippen molar-refractivity contribution in [3.63, 3.8) is 0 Å². The summed E-state index contributed by atoms with van der Waals surface area (Å²) in [6.45, 7) is 12.6. The molecule has 1 aliphatic rings. The van der Waals surface area contributed by atoms with Crippen LogP contribution >= 0.6 is 0 Å². The second-order valence-electron chi connectivity index (χ2n) is 8.33. The lowest BCUT2D eigenvalue weighted by molar-refractivity contribution is -0.0435. The van der Waals surface area contributed by atoms with Crippen LogP contribution in [0.3, 0.4) is 0 Å². The first-order chi connectivity index (χ1) is 12.7. The van der Waals surface area contributed by atoms with E-state index in [1.165, 1.54) is 0 Å². The maximum Gasteiger partial charge on any atom is 0.254 e. The zero-order valence-corrected chi connectivity index (χ0v) is 17.2. The van der Waals surface area contributed by atoms with Crippen molar-refractivity contribution >= 4 is 5.91 Å². The average molecular weight is 378 g/mol. The standard InChI is InChI=1S/C21H35N3O3/c1-20(2,8-10-22)26-15-9-21(3,4)27-18-7-5-6-17(16-18)19(25)24-13-11-23-12-14-24/h5-7,16,23H,8-15,22H2,1-4H3. The van der Waals surface area contributed by atoms with Crippen LogP contribution in [0.2, 0.25) is 0 Å². The molecule has 0 saturated carbocycles. The predicted octanol–water partition coefficient (Wildman–Crippen LogP) is 2.42. The van der Waals surface area contributed by atoms with E-state index in [0.29, 0.717) is 24.5 Å². The third kappa shape index (κ3) is 7.13. The van der Waals surface area contributed by atoms with Crippen molar-refractivity contribution in [2.45, 2.75) is 51.7 Å². The quantitative estimate of drug-likeness (QED) is 0.691. The van der Waals surface area contributed by atoms with E-state index in [1.807, 2.05) is 43.0 Å². The maximum atomic E-state index is 12.7. The Morgan fingerprint density at radius 1 is 1.15 bits per heavy atom. The lowest BCUT2D eigenvalue weighted by Gasteiger charge is -2.30. The van der Waals surface area contributed by atoms with E-state index >= 15 is 0 Å². The molecule has 0 unspecified atom stereocenters. The molecule has 0 aromatic heterocycles. The van der Waals surface area contributed by atoms with Crippen molar-refractivity contribution in [3.8, 4) is 5.75 Å². The van der Waals surface area contributed by atoms with E-state index in [1.54, 1.807) is 0 Å². The second kappa shape index (κ2) is 9.53. The number of nitrogens with zero attached hydrogens (tertiary/aromatic N) is 1. The SMILES string of the molecule is CC(C)(CCN)OCCC(C)(C)Oc1cccc(C(=O)N2CCNCC2)c1. The average Bonchev–Trinajstić information content (AvgIpc) is 2.61. The number of nitrogens with one attached hydrogen (secondary N) is 1. The fraction of sp³-hybridized carbons (Fsp3) is 0.667. The zero-order chi connectivity index (χ0) is 19.9. The fourth-order valence-corrected chi connectivity index (χ4v) is 3.11. The summed E-state index contributed by atoms with van der Waals surface area (Å²) in [4.78, 5) is 14.6. The van der Waals surface area contributed by atoms with Crippen molar-refractivity contribution in [1.29, 1.82) is 0 Å². The molecule has 6 heteroatoms. The molecule has 0 radical (unpaired) electrons. The summed E-state index contributed by atoms with van der Waals surface area (Å²) < 4.78 is 12.1. The molecule has 152 valence electrons. The summed E-state index contributed by atoms with van der Waals surface area (Å²) >= 11 is 0. The molecule has 1 saturated heterocycles. The molecule has 1 aliphatic heterocycles. The number of carbonyl (C=O) groups excluding carboxylic acids is 1. The van der Waals surface area contributed by atoms with E-state index in [-0.39, 0.29) is 11.5 Å². The summed E-state index contributed by atoms with van der Waals surface area (Å²) in [7, 11) is 0. The Bertz CT molecular complexity index is 610. The molecule has 6 nitrogen and oxygen atoms in total. The Morgan fingerprint density at radius 3 is 2.52 bits per heavy atom. The van der Waals surface area contributed by atoms with Gasteiger partial charge in [-0.3, -0.25) is 4.79 Å². The molecule has 0 aliphatic carbocycles. The number of benzene rings is 1. The van der Waals surface area contributed by atoms with E-state index in [9.17, 15) is 4.79 Å². The number of piperazine rings is 1. The van der Waals surface area contributed by atoms with E-state index in [2.05, 4.69) is 19.2 Å². The minimum Gasteiger partial charge on any atom is -0.488 e. The van der Waals surface area contributed by atoms with Crippen molar-refractivity contribution in [2.75, 3.05) is 39.3 Å². The Kier molecular flexibility index (Phi) is 7.65. The van der Waals surface area contributed by atoms with Crippen LogP contribution in [0, 0.1) is 0 Å². The van der Waals surface area contributed by atoms with Crippen LogP contribution in [0.15, 0.2) is 24.3 Å². The van der Waals surface area contributed by atoms with E-state index in [4.69, 9.17) is 15.2 Å². The van der Waals surface area contributed by atoms with Crippen LogP contribution in [-0.2, 0) is 4.74 Å². The first kappa shape index (κ1) is 21.7. The monoisotopic (exact) mass is 377 g/mol.